The highest BCUT2D eigenvalue weighted by Crippen LogP contribution is 2.17. The molecule has 0 unspecified atom stereocenters. The Bertz CT molecular complexity index is 353. The first-order valence-electron chi connectivity index (χ1n) is 5.45. The highest BCUT2D eigenvalue weighted by Gasteiger charge is 2.23. The van der Waals surface area contributed by atoms with Gasteiger partial charge >= 0.3 is 0 Å². The fourth-order valence-corrected chi connectivity index (χ4v) is 2.74. The van der Waals surface area contributed by atoms with Crippen LogP contribution in [0.3, 0.4) is 0 Å². The van der Waals surface area contributed by atoms with Crippen molar-refractivity contribution in [2.45, 2.75) is 12.8 Å². The van der Waals surface area contributed by atoms with Gasteiger partial charge in [-0.3, -0.25) is 0 Å². The highest BCUT2D eigenvalue weighted by molar-refractivity contribution is 7.89. The first kappa shape index (κ1) is 13.4. The third-order valence-corrected chi connectivity index (χ3v) is 4.67. The molecule has 0 radical (unpaired) electrons. The van der Waals surface area contributed by atoms with Gasteiger partial charge in [-0.1, -0.05) is 0 Å². The Morgan fingerprint density at radius 2 is 2.00 bits per heavy atom. The Hall–Kier alpha value is -0.640. The van der Waals surface area contributed by atoms with E-state index >= 15 is 0 Å². The summed E-state index contributed by atoms with van der Waals surface area (Å²) in [5.41, 5.74) is 0. The molecule has 0 saturated carbocycles. The first-order valence-corrected chi connectivity index (χ1v) is 7.06. The van der Waals surface area contributed by atoms with E-state index in [1.54, 1.807) is 13.1 Å². The quantitative estimate of drug-likeness (QED) is 0.705. The van der Waals surface area contributed by atoms with Crippen LogP contribution in [0.15, 0.2) is 0 Å². The maximum absolute atomic E-state index is 11.6. The Labute approximate surface area is 97.7 Å². The predicted molar refractivity (Wildman–Crippen MR) is 62.3 cm³/mol. The van der Waals surface area contributed by atoms with Gasteiger partial charge in [-0.2, -0.15) is 5.26 Å². The number of hydrogen-bond acceptors (Lipinski definition) is 4. The summed E-state index contributed by atoms with van der Waals surface area (Å²) >= 11 is 0. The van der Waals surface area contributed by atoms with Gasteiger partial charge in [0.15, 0.2) is 5.75 Å². The van der Waals surface area contributed by atoms with Crippen molar-refractivity contribution in [3.8, 4) is 6.07 Å². The van der Waals surface area contributed by atoms with E-state index in [0.717, 1.165) is 25.9 Å². The summed E-state index contributed by atoms with van der Waals surface area (Å²) in [5.74, 6) is 0.00511. The maximum atomic E-state index is 11.6. The SMILES string of the molecule is CN1CCC(CN(C)S(=O)(=O)CC#N)CC1. The number of rotatable bonds is 4. The number of hydrogen-bond donors (Lipinski definition) is 0. The smallest absolute Gasteiger partial charge is 0.227 e. The van der Waals surface area contributed by atoms with E-state index in [0.29, 0.717) is 12.5 Å². The number of nitrogens with zero attached hydrogens (tertiary/aromatic N) is 3. The van der Waals surface area contributed by atoms with E-state index in [1.807, 2.05) is 0 Å². The molecule has 6 heteroatoms. The summed E-state index contributed by atoms with van der Waals surface area (Å²) in [6.45, 7) is 2.59. The fourth-order valence-electron chi connectivity index (χ4n) is 1.91. The van der Waals surface area contributed by atoms with Crippen molar-refractivity contribution in [1.29, 1.82) is 5.26 Å². The van der Waals surface area contributed by atoms with E-state index in [1.165, 1.54) is 4.31 Å². The second-order valence-electron chi connectivity index (χ2n) is 4.44. The molecular formula is C10H19N3O2S. The molecule has 92 valence electrons. The molecule has 0 spiro atoms. The zero-order chi connectivity index (χ0) is 12.2. The molecule has 0 aromatic carbocycles. The summed E-state index contributed by atoms with van der Waals surface area (Å²) in [7, 11) is 0.272. The topological polar surface area (TPSA) is 64.4 Å². The third-order valence-electron chi connectivity index (χ3n) is 3.08. The van der Waals surface area contributed by atoms with Gasteiger partial charge in [0.25, 0.3) is 0 Å². The van der Waals surface area contributed by atoms with Crippen molar-refractivity contribution < 1.29 is 8.42 Å². The molecule has 0 atom stereocenters. The van der Waals surface area contributed by atoms with Crippen LogP contribution in [0, 0.1) is 17.2 Å². The van der Waals surface area contributed by atoms with Gasteiger partial charge < -0.3 is 4.90 Å². The largest absolute Gasteiger partial charge is 0.306 e. The Kier molecular flexibility index (Phi) is 4.71. The van der Waals surface area contributed by atoms with Gasteiger partial charge in [0.1, 0.15) is 0 Å². The normalized spacial score (nSPS) is 19.9. The third kappa shape index (κ3) is 3.74. The number of likely N-dealkylation sites (tertiary alicyclic amines) is 1. The number of nitriles is 1. The lowest BCUT2D eigenvalue weighted by molar-refractivity contribution is 0.202. The standard InChI is InChI=1S/C10H19N3O2S/c1-12-6-3-10(4-7-12)9-13(2)16(14,15)8-5-11/h10H,3-4,6-9H2,1-2H3. The minimum Gasteiger partial charge on any atom is -0.306 e. The molecule has 5 nitrogen and oxygen atoms in total. The summed E-state index contributed by atoms with van der Waals surface area (Å²) in [4.78, 5) is 2.25. The van der Waals surface area contributed by atoms with Gasteiger partial charge in [-0.25, -0.2) is 12.7 Å². The van der Waals surface area contributed by atoms with Crippen molar-refractivity contribution in [2.24, 2.45) is 5.92 Å². The molecule has 0 N–H and O–H groups in total. The zero-order valence-corrected chi connectivity index (χ0v) is 10.7. The number of sulfonamides is 1. The van der Waals surface area contributed by atoms with Crippen molar-refractivity contribution in [3.63, 3.8) is 0 Å². The number of piperidine rings is 1. The van der Waals surface area contributed by atoms with E-state index in [4.69, 9.17) is 5.26 Å². The Balaban J connectivity index is 2.46. The Morgan fingerprint density at radius 3 is 2.50 bits per heavy atom. The van der Waals surface area contributed by atoms with Crippen LogP contribution in [0.1, 0.15) is 12.8 Å². The average molecular weight is 245 g/mol. The van der Waals surface area contributed by atoms with Gasteiger partial charge in [0.2, 0.25) is 10.0 Å². The summed E-state index contributed by atoms with van der Waals surface area (Å²) in [5, 5.41) is 8.43. The van der Waals surface area contributed by atoms with Crippen LogP contribution in [0.2, 0.25) is 0 Å². The molecule has 1 aliphatic heterocycles. The summed E-state index contributed by atoms with van der Waals surface area (Å²) in [6.07, 6.45) is 2.06. The van der Waals surface area contributed by atoms with Crippen molar-refractivity contribution in [3.05, 3.63) is 0 Å². The van der Waals surface area contributed by atoms with Gasteiger partial charge in [-0.05, 0) is 38.9 Å². The van der Waals surface area contributed by atoms with E-state index < -0.39 is 15.8 Å². The van der Waals surface area contributed by atoms with Crippen LogP contribution in [0.4, 0.5) is 0 Å². The highest BCUT2D eigenvalue weighted by atomic mass is 32.2. The molecule has 1 saturated heterocycles. The predicted octanol–water partition coefficient (Wildman–Crippen LogP) is 0.113. The summed E-state index contributed by atoms with van der Waals surface area (Å²) < 4.78 is 24.4. The minimum atomic E-state index is -3.36. The molecule has 1 fully saturated rings. The van der Waals surface area contributed by atoms with Crippen LogP contribution < -0.4 is 0 Å². The van der Waals surface area contributed by atoms with E-state index in [-0.39, 0.29) is 0 Å². The average Bonchev–Trinajstić information content (AvgIpc) is 2.21. The van der Waals surface area contributed by atoms with Gasteiger partial charge in [0.05, 0.1) is 6.07 Å². The van der Waals surface area contributed by atoms with E-state index in [9.17, 15) is 8.42 Å². The van der Waals surface area contributed by atoms with Crippen molar-refractivity contribution >= 4 is 10.0 Å². The molecule has 16 heavy (non-hydrogen) atoms. The van der Waals surface area contributed by atoms with Gasteiger partial charge in [-0.15, -0.1) is 0 Å². The molecule has 0 aromatic rings. The molecule has 1 rings (SSSR count). The molecule has 0 aromatic heterocycles. The fraction of sp³-hybridized carbons (Fsp3) is 0.900. The zero-order valence-electron chi connectivity index (χ0n) is 9.89. The van der Waals surface area contributed by atoms with Crippen LogP contribution in [-0.4, -0.2) is 57.1 Å². The maximum Gasteiger partial charge on any atom is 0.227 e. The Morgan fingerprint density at radius 1 is 1.44 bits per heavy atom. The monoisotopic (exact) mass is 245 g/mol. The van der Waals surface area contributed by atoms with Crippen LogP contribution in [0.25, 0.3) is 0 Å². The van der Waals surface area contributed by atoms with Crippen LogP contribution in [-0.2, 0) is 10.0 Å². The minimum absolute atomic E-state index is 0.421. The molecule has 0 amide bonds. The molecule has 0 bridgehead atoms. The van der Waals surface area contributed by atoms with Gasteiger partial charge in [0, 0.05) is 13.6 Å². The molecule has 1 aliphatic rings. The van der Waals surface area contributed by atoms with Crippen LogP contribution >= 0.6 is 0 Å². The lowest BCUT2D eigenvalue weighted by atomic mass is 9.97. The van der Waals surface area contributed by atoms with Crippen LogP contribution in [0.5, 0.6) is 0 Å². The second kappa shape index (κ2) is 5.62. The lowest BCUT2D eigenvalue weighted by Crippen LogP contribution is -2.38. The molecule has 1 heterocycles. The lowest BCUT2D eigenvalue weighted by Gasteiger charge is -2.31. The first-order chi connectivity index (χ1) is 7.45. The van der Waals surface area contributed by atoms with Crippen molar-refractivity contribution in [1.82, 2.24) is 9.21 Å². The molecule has 0 aliphatic carbocycles. The van der Waals surface area contributed by atoms with Crippen molar-refractivity contribution in [2.75, 3.05) is 39.5 Å². The van der Waals surface area contributed by atoms with E-state index in [2.05, 4.69) is 11.9 Å². The second-order valence-corrected chi connectivity index (χ2v) is 6.52. The molecular weight excluding hydrogens is 226 g/mol. The summed E-state index contributed by atoms with van der Waals surface area (Å²) in [6, 6.07) is 1.70.